The highest BCUT2D eigenvalue weighted by atomic mass is 19.1. The number of amides is 1. The molecule has 2 aromatic rings. The molecule has 0 aliphatic carbocycles. The molecule has 5 heteroatoms. The van der Waals surface area contributed by atoms with Gasteiger partial charge in [-0.15, -0.1) is 0 Å². The molecule has 0 radical (unpaired) electrons. The van der Waals surface area contributed by atoms with Gasteiger partial charge in [0.05, 0.1) is 11.1 Å². The first-order chi connectivity index (χ1) is 9.58. The van der Waals surface area contributed by atoms with Crippen LogP contribution in [-0.4, -0.2) is 36.4 Å². The summed E-state index contributed by atoms with van der Waals surface area (Å²) in [6.07, 6.45) is 0.788. The van der Waals surface area contributed by atoms with Gasteiger partial charge in [-0.3, -0.25) is 9.78 Å². The van der Waals surface area contributed by atoms with Gasteiger partial charge in [0.15, 0.2) is 0 Å². The Bertz CT molecular complexity index is 697. The second-order valence-electron chi connectivity index (χ2n) is 5.20. The normalized spacial score (nSPS) is 14.2. The highest BCUT2D eigenvalue weighted by Crippen LogP contribution is 2.27. The Hall–Kier alpha value is -2.01. The molecule has 1 amide bonds. The maximum absolute atomic E-state index is 13.5. The third-order valence-corrected chi connectivity index (χ3v) is 3.59. The van der Waals surface area contributed by atoms with Gasteiger partial charge < -0.3 is 10.2 Å². The van der Waals surface area contributed by atoms with E-state index >= 15 is 0 Å². The molecule has 0 fully saturated rings. The van der Waals surface area contributed by atoms with Crippen LogP contribution in [0.4, 0.5) is 4.39 Å². The molecule has 0 saturated carbocycles. The van der Waals surface area contributed by atoms with Crippen LogP contribution in [0.25, 0.3) is 10.9 Å². The molecule has 1 N–H and O–H groups in total. The summed E-state index contributed by atoms with van der Waals surface area (Å²) in [4.78, 5) is 18.6. The fourth-order valence-corrected chi connectivity index (χ4v) is 2.61. The molecule has 0 spiro atoms. The number of nitrogens with zero attached hydrogens (tertiary/aromatic N) is 2. The number of rotatable bonds is 1. The number of nitrogens with one attached hydrogen (secondary N) is 1. The van der Waals surface area contributed by atoms with Gasteiger partial charge in [0.25, 0.3) is 5.91 Å². The van der Waals surface area contributed by atoms with E-state index < -0.39 is 0 Å². The zero-order valence-corrected chi connectivity index (χ0v) is 11.5. The van der Waals surface area contributed by atoms with E-state index in [1.165, 1.54) is 17.0 Å². The third kappa shape index (κ3) is 2.04. The predicted molar refractivity (Wildman–Crippen MR) is 75.1 cm³/mol. The van der Waals surface area contributed by atoms with E-state index in [1.54, 1.807) is 20.2 Å². The number of aromatic nitrogens is 1. The molecule has 1 aliphatic rings. The Morgan fingerprint density at radius 1 is 1.40 bits per heavy atom. The summed E-state index contributed by atoms with van der Waals surface area (Å²) >= 11 is 0. The van der Waals surface area contributed by atoms with Crippen LogP contribution in [0.1, 0.15) is 21.6 Å². The number of pyridine rings is 1. The van der Waals surface area contributed by atoms with E-state index in [4.69, 9.17) is 0 Å². The summed E-state index contributed by atoms with van der Waals surface area (Å²) in [7, 11) is 3.41. The lowest BCUT2D eigenvalue weighted by atomic mass is 9.96. The summed E-state index contributed by atoms with van der Waals surface area (Å²) in [6.45, 7) is 1.45. The number of halogens is 1. The largest absolute Gasteiger partial charge is 0.345 e. The maximum atomic E-state index is 13.5. The first-order valence-corrected chi connectivity index (χ1v) is 6.61. The molecule has 1 aliphatic heterocycles. The summed E-state index contributed by atoms with van der Waals surface area (Å²) in [5, 5.41) is 3.84. The Morgan fingerprint density at radius 3 is 2.95 bits per heavy atom. The monoisotopic (exact) mass is 273 g/mol. The van der Waals surface area contributed by atoms with Crippen LogP contribution in [-0.2, 0) is 13.0 Å². The van der Waals surface area contributed by atoms with Crippen molar-refractivity contribution in [2.45, 2.75) is 13.0 Å². The maximum Gasteiger partial charge on any atom is 0.254 e. The number of carbonyl (C=O) groups excluding carboxylic acids is 1. The number of hydrogen-bond acceptors (Lipinski definition) is 3. The van der Waals surface area contributed by atoms with Crippen molar-refractivity contribution in [3.05, 3.63) is 40.8 Å². The quantitative estimate of drug-likeness (QED) is 0.860. The minimum atomic E-state index is -0.351. The van der Waals surface area contributed by atoms with Crippen molar-refractivity contribution in [1.29, 1.82) is 0 Å². The summed E-state index contributed by atoms with van der Waals surface area (Å²) in [5.74, 6) is -0.459. The van der Waals surface area contributed by atoms with E-state index in [1.807, 2.05) is 0 Å². The zero-order chi connectivity index (χ0) is 14.3. The molecule has 0 atom stereocenters. The van der Waals surface area contributed by atoms with E-state index in [0.717, 1.165) is 24.2 Å². The van der Waals surface area contributed by atoms with Crippen molar-refractivity contribution in [2.75, 3.05) is 20.6 Å². The predicted octanol–water partition coefficient (Wildman–Crippen LogP) is 1.72. The molecule has 104 valence electrons. The van der Waals surface area contributed by atoms with Crippen molar-refractivity contribution in [2.24, 2.45) is 0 Å². The van der Waals surface area contributed by atoms with Crippen molar-refractivity contribution >= 4 is 16.8 Å². The van der Waals surface area contributed by atoms with Crippen LogP contribution < -0.4 is 5.32 Å². The molecule has 0 bridgehead atoms. The van der Waals surface area contributed by atoms with Gasteiger partial charge in [-0.25, -0.2) is 4.39 Å². The van der Waals surface area contributed by atoms with E-state index in [0.29, 0.717) is 23.0 Å². The standard InChI is InChI=1S/C15H16FN3O/c1-19(2)15(20)14-10-7-9(16)3-4-12(10)18-13-5-6-17-8-11(13)14/h3-4,7,17H,5-6,8H2,1-2H3. The fraction of sp³-hybridized carbons (Fsp3) is 0.333. The highest BCUT2D eigenvalue weighted by molar-refractivity contribution is 6.07. The first kappa shape index (κ1) is 13.0. The third-order valence-electron chi connectivity index (χ3n) is 3.59. The summed E-state index contributed by atoms with van der Waals surface area (Å²) in [6, 6.07) is 4.42. The lowest BCUT2D eigenvalue weighted by Gasteiger charge is -2.22. The minimum Gasteiger partial charge on any atom is -0.345 e. The second kappa shape index (κ2) is 4.83. The lowest BCUT2D eigenvalue weighted by Crippen LogP contribution is -2.30. The van der Waals surface area contributed by atoms with Crippen molar-refractivity contribution < 1.29 is 9.18 Å². The van der Waals surface area contributed by atoms with Gasteiger partial charge >= 0.3 is 0 Å². The van der Waals surface area contributed by atoms with Crippen LogP contribution in [0.2, 0.25) is 0 Å². The summed E-state index contributed by atoms with van der Waals surface area (Å²) < 4.78 is 13.5. The van der Waals surface area contributed by atoms with E-state index in [-0.39, 0.29) is 11.7 Å². The van der Waals surface area contributed by atoms with Gasteiger partial charge in [-0.05, 0) is 18.2 Å². The zero-order valence-electron chi connectivity index (χ0n) is 11.5. The molecule has 20 heavy (non-hydrogen) atoms. The SMILES string of the molecule is CN(C)C(=O)c1c2c(nc3ccc(F)cc13)CCNC2. The molecule has 1 aromatic heterocycles. The van der Waals surface area contributed by atoms with Gasteiger partial charge in [0.2, 0.25) is 0 Å². The van der Waals surface area contributed by atoms with Crippen molar-refractivity contribution in [3.8, 4) is 0 Å². The number of benzene rings is 1. The Labute approximate surface area is 116 Å². The smallest absolute Gasteiger partial charge is 0.254 e. The van der Waals surface area contributed by atoms with E-state index in [2.05, 4.69) is 10.3 Å². The Balaban J connectivity index is 2.36. The highest BCUT2D eigenvalue weighted by Gasteiger charge is 2.23. The second-order valence-corrected chi connectivity index (χ2v) is 5.20. The molecule has 0 unspecified atom stereocenters. The van der Waals surface area contributed by atoms with Crippen LogP contribution >= 0.6 is 0 Å². The van der Waals surface area contributed by atoms with Gasteiger partial charge in [-0.1, -0.05) is 0 Å². The molecular weight excluding hydrogens is 257 g/mol. The topological polar surface area (TPSA) is 45.2 Å². The van der Waals surface area contributed by atoms with Gasteiger partial charge in [0.1, 0.15) is 5.82 Å². The lowest BCUT2D eigenvalue weighted by molar-refractivity contribution is 0.0828. The summed E-state index contributed by atoms with van der Waals surface area (Å²) in [5.41, 5.74) is 3.08. The average Bonchev–Trinajstić information content (AvgIpc) is 2.44. The molecule has 4 nitrogen and oxygen atoms in total. The molecule has 2 heterocycles. The molecule has 0 saturated heterocycles. The van der Waals surface area contributed by atoms with Crippen LogP contribution in [0.5, 0.6) is 0 Å². The average molecular weight is 273 g/mol. The van der Waals surface area contributed by atoms with Crippen LogP contribution in [0, 0.1) is 5.82 Å². The molecule has 3 rings (SSSR count). The van der Waals surface area contributed by atoms with Gasteiger partial charge in [-0.2, -0.15) is 0 Å². The Morgan fingerprint density at radius 2 is 2.20 bits per heavy atom. The fourth-order valence-electron chi connectivity index (χ4n) is 2.61. The van der Waals surface area contributed by atoms with Crippen LogP contribution in [0.15, 0.2) is 18.2 Å². The van der Waals surface area contributed by atoms with Crippen molar-refractivity contribution in [1.82, 2.24) is 15.2 Å². The minimum absolute atomic E-state index is 0.108. The number of fused-ring (bicyclic) bond motifs is 2. The van der Waals surface area contributed by atoms with Crippen LogP contribution in [0.3, 0.4) is 0 Å². The molecular formula is C15H16FN3O. The Kier molecular flexibility index (Phi) is 3.14. The molecule has 1 aromatic carbocycles. The first-order valence-electron chi connectivity index (χ1n) is 6.61. The van der Waals surface area contributed by atoms with Crippen molar-refractivity contribution in [3.63, 3.8) is 0 Å². The number of carbonyl (C=O) groups is 1. The number of hydrogen-bond donors (Lipinski definition) is 1. The van der Waals surface area contributed by atoms with Gasteiger partial charge in [0, 0.05) is 50.2 Å². The van der Waals surface area contributed by atoms with E-state index in [9.17, 15) is 9.18 Å².